The molecule has 0 aromatic rings. The summed E-state index contributed by atoms with van der Waals surface area (Å²) in [6.07, 6.45) is 6.59. The zero-order chi connectivity index (χ0) is 53.7. The molecule has 27 nitrogen and oxygen atoms in total. The van der Waals surface area contributed by atoms with Crippen LogP contribution in [0.5, 0.6) is 0 Å². The van der Waals surface area contributed by atoms with Crippen LogP contribution in [-0.4, -0.2) is 223 Å². The maximum atomic E-state index is 12.5. The van der Waals surface area contributed by atoms with Crippen molar-refractivity contribution in [2.24, 2.45) is 11.3 Å². The topological polar surface area (TPSA) is 328 Å². The van der Waals surface area contributed by atoms with E-state index in [2.05, 4.69) is 16.0 Å². The predicted octanol–water partition coefficient (Wildman–Crippen LogP) is -2.98. The third kappa shape index (κ3) is 21.6. The highest BCUT2D eigenvalue weighted by molar-refractivity contribution is 6.14. The molecule has 3 N–H and O–H groups in total. The van der Waals surface area contributed by atoms with Crippen molar-refractivity contribution in [3.05, 3.63) is 36.5 Å². The number of amides is 11. The number of rotatable bonds is 41. The molecule has 1 saturated heterocycles. The Morgan fingerprint density at radius 3 is 1.07 bits per heavy atom. The van der Waals surface area contributed by atoms with E-state index in [1.807, 2.05) is 0 Å². The van der Waals surface area contributed by atoms with Gasteiger partial charge in [0, 0.05) is 107 Å². The first-order valence-electron chi connectivity index (χ1n) is 24.0. The molecule has 74 heavy (non-hydrogen) atoms. The third-order valence-electron chi connectivity index (χ3n) is 11.2. The number of hydrogen-bond acceptors (Lipinski definition) is 20. The van der Waals surface area contributed by atoms with Gasteiger partial charge in [-0.2, -0.15) is 0 Å². The van der Waals surface area contributed by atoms with Gasteiger partial charge in [0.25, 0.3) is 35.4 Å². The molecule has 0 radical (unpaired) electrons. The van der Waals surface area contributed by atoms with Crippen molar-refractivity contribution in [3.63, 3.8) is 0 Å². The summed E-state index contributed by atoms with van der Waals surface area (Å²) in [4.78, 5) is 148. The van der Waals surface area contributed by atoms with Gasteiger partial charge in [-0.3, -0.25) is 77.1 Å². The van der Waals surface area contributed by atoms with Crippen molar-refractivity contribution in [3.8, 4) is 0 Å². The van der Waals surface area contributed by atoms with Gasteiger partial charge in [-0.25, -0.2) is 0 Å². The van der Waals surface area contributed by atoms with Crippen LogP contribution in [-0.2, 0) is 95.4 Å². The lowest BCUT2D eigenvalue weighted by atomic mass is 9.92. The van der Waals surface area contributed by atoms with E-state index in [9.17, 15) is 57.5 Å². The number of imide groups is 4. The molecule has 11 amide bonds. The Labute approximate surface area is 426 Å². The van der Waals surface area contributed by atoms with Crippen molar-refractivity contribution in [1.29, 1.82) is 0 Å². The van der Waals surface area contributed by atoms with Gasteiger partial charge in [-0.1, -0.05) is 6.92 Å². The Bertz CT molecular complexity index is 1880. The van der Waals surface area contributed by atoms with Gasteiger partial charge in [-0.15, -0.1) is 0 Å². The molecular formula is C47H65N7O20. The normalized spacial score (nSPS) is 16.6. The van der Waals surface area contributed by atoms with E-state index < -0.39 is 64.5 Å². The highest BCUT2D eigenvalue weighted by Gasteiger charge is 2.36. The van der Waals surface area contributed by atoms with Gasteiger partial charge < -0.3 is 53.8 Å². The lowest BCUT2D eigenvalue weighted by Gasteiger charge is -2.33. The average Bonchev–Trinajstić information content (AvgIpc) is 4.06. The van der Waals surface area contributed by atoms with Crippen LogP contribution in [0.2, 0.25) is 0 Å². The largest absolute Gasteiger partial charge is 0.379 e. The van der Waals surface area contributed by atoms with E-state index in [0.29, 0.717) is 0 Å². The van der Waals surface area contributed by atoms with Crippen molar-refractivity contribution in [2.45, 2.75) is 45.4 Å². The second-order valence-corrected chi connectivity index (χ2v) is 17.0. The SMILES string of the molecule is CC1CC(=O)N(CCC(=O)CCOCCOCC(COCCOCNC(=O)CCN2C(=O)C=CC2=O)(COCCOCNC(=O)CCN2C(=O)C=CC2=O)COCCOCNC(=O)CCN2C(=O)C=CC2=O)C1=O. The number of Topliss-reactive ketones (excluding diaryl/α,β-unsaturated/α-hetero) is 1. The van der Waals surface area contributed by atoms with E-state index in [1.54, 1.807) is 6.92 Å². The summed E-state index contributed by atoms with van der Waals surface area (Å²) in [6.45, 7) is 1.24. The van der Waals surface area contributed by atoms with Crippen LogP contribution in [0, 0.1) is 11.3 Å². The maximum absolute atomic E-state index is 12.5. The molecule has 4 aliphatic rings. The number of carbonyl (C=O) groups is 12. The minimum absolute atomic E-state index is 0.0109. The molecular weight excluding hydrogens is 983 g/mol. The molecule has 1 unspecified atom stereocenters. The number of ether oxygens (including phenoxy) is 8. The molecule has 0 bridgehead atoms. The quantitative estimate of drug-likeness (QED) is 0.0312. The van der Waals surface area contributed by atoms with Gasteiger partial charge in [-0.05, 0) is 0 Å². The molecule has 4 aliphatic heterocycles. The van der Waals surface area contributed by atoms with E-state index >= 15 is 0 Å². The molecule has 0 spiro atoms. The fourth-order valence-corrected chi connectivity index (χ4v) is 7.08. The van der Waals surface area contributed by atoms with Crippen LogP contribution >= 0.6 is 0 Å². The standard InChI is InChI=1S/C47H65N7O20/c1-34-26-45(65)54(46(34)66)13-8-35(55)12-17-67-18-19-68-27-47(28-69-20-23-72-31-48-36(56)9-14-51-39(59)2-3-40(51)60,29-70-21-24-73-32-49-37(57)10-15-52-41(61)4-5-42(52)62)30-71-22-25-74-33-50-38(58)11-16-53-43(63)6-7-44(53)64/h2-7,34H,8-33H2,1H3,(H,48,56)(H,49,57)(H,50,58). The van der Waals surface area contributed by atoms with Crippen molar-refractivity contribution in [1.82, 2.24) is 35.6 Å². The van der Waals surface area contributed by atoms with Crippen LogP contribution in [0.25, 0.3) is 0 Å². The first-order chi connectivity index (χ1) is 35.6. The monoisotopic (exact) mass is 1050 g/mol. The van der Waals surface area contributed by atoms with E-state index in [1.165, 1.54) is 0 Å². The number of nitrogens with zero attached hydrogens (tertiary/aromatic N) is 4. The lowest BCUT2D eigenvalue weighted by molar-refractivity contribution is -0.141. The molecule has 1 atom stereocenters. The molecule has 0 aromatic carbocycles. The Hall–Kier alpha value is -6.46. The Kier molecular flexibility index (Phi) is 26.5. The number of hydrogen-bond donors (Lipinski definition) is 3. The predicted molar refractivity (Wildman–Crippen MR) is 250 cm³/mol. The van der Waals surface area contributed by atoms with Crippen molar-refractivity contribution >= 4 is 70.8 Å². The van der Waals surface area contributed by atoms with E-state index in [4.69, 9.17) is 37.9 Å². The molecule has 4 heterocycles. The van der Waals surface area contributed by atoms with E-state index in [-0.39, 0.29) is 188 Å². The minimum Gasteiger partial charge on any atom is -0.379 e. The van der Waals surface area contributed by atoms with Gasteiger partial charge >= 0.3 is 0 Å². The zero-order valence-electron chi connectivity index (χ0n) is 41.4. The average molecular weight is 1050 g/mol. The molecule has 408 valence electrons. The molecule has 0 aliphatic carbocycles. The van der Waals surface area contributed by atoms with Gasteiger partial charge in [0.05, 0.1) is 91.3 Å². The van der Waals surface area contributed by atoms with Crippen molar-refractivity contribution in [2.75, 3.05) is 132 Å². The summed E-state index contributed by atoms with van der Waals surface area (Å²) in [5.74, 6) is -5.50. The van der Waals surface area contributed by atoms with Crippen molar-refractivity contribution < 1.29 is 95.4 Å². The summed E-state index contributed by atoms with van der Waals surface area (Å²) >= 11 is 0. The van der Waals surface area contributed by atoms with Gasteiger partial charge in [0.1, 0.15) is 26.0 Å². The summed E-state index contributed by atoms with van der Waals surface area (Å²) in [6, 6.07) is 0. The molecule has 0 aromatic heterocycles. The van der Waals surface area contributed by atoms with Crippen LogP contribution in [0.1, 0.15) is 45.4 Å². The summed E-state index contributed by atoms with van der Waals surface area (Å²) in [5.41, 5.74) is -1.01. The lowest BCUT2D eigenvalue weighted by Crippen LogP contribution is -2.43. The number of nitrogens with one attached hydrogen (secondary N) is 3. The third-order valence-corrected chi connectivity index (χ3v) is 11.2. The highest BCUT2D eigenvalue weighted by atomic mass is 16.6. The Balaban J connectivity index is 1.25. The zero-order valence-corrected chi connectivity index (χ0v) is 41.4. The molecule has 27 heteroatoms. The summed E-state index contributed by atoms with van der Waals surface area (Å²) in [7, 11) is 0. The Morgan fingerprint density at radius 1 is 0.432 bits per heavy atom. The van der Waals surface area contributed by atoms with Gasteiger partial charge in [0.15, 0.2) is 0 Å². The molecule has 4 rings (SSSR count). The second kappa shape index (κ2) is 32.7. The molecule has 0 saturated carbocycles. The molecule has 1 fully saturated rings. The first kappa shape index (κ1) is 60.1. The maximum Gasteiger partial charge on any atom is 0.253 e. The van der Waals surface area contributed by atoms with Crippen LogP contribution in [0.4, 0.5) is 0 Å². The van der Waals surface area contributed by atoms with Crippen LogP contribution in [0.15, 0.2) is 36.5 Å². The summed E-state index contributed by atoms with van der Waals surface area (Å²) < 4.78 is 46.2. The van der Waals surface area contributed by atoms with Crippen LogP contribution in [0.3, 0.4) is 0 Å². The smallest absolute Gasteiger partial charge is 0.253 e. The first-order valence-corrected chi connectivity index (χ1v) is 24.0. The highest BCUT2D eigenvalue weighted by Crippen LogP contribution is 2.22. The van der Waals surface area contributed by atoms with Gasteiger partial charge in [0.2, 0.25) is 29.5 Å². The Morgan fingerprint density at radius 2 is 0.743 bits per heavy atom. The second-order valence-electron chi connectivity index (χ2n) is 17.0. The van der Waals surface area contributed by atoms with E-state index in [0.717, 1.165) is 56.1 Å². The number of likely N-dealkylation sites (tertiary alicyclic amines) is 1. The van der Waals surface area contributed by atoms with Crippen LogP contribution < -0.4 is 16.0 Å². The fourth-order valence-electron chi connectivity index (χ4n) is 7.08. The summed E-state index contributed by atoms with van der Waals surface area (Å²) in [5, 5.41) is 7.63. The number of ketones is 1. The number of carbonyl (C=O) groups excluding carboxylic acids is 12. The fraction of sp³-hybridized carbons (Fsp3) is 0.617. The minimum atomic E-state index is -1.01.